The first kappa shape index (κ1) is 61.9. The molecular weight excluding hydrogens is 835 g/mol. The van der Waals surface area contributed by atoms with Gasteiger partial charge in [-0.05, 0) is 25.3 Å². The highest BCUT2D eigenvalue weighted by Gasteiger charge is 2.43. The van der Waals surface area contributed by atoms with Gasteiger partial charge in [0.15, 0.2) is 6.10 Å². The van der Waals surface area contributed by atoms with E-state index in [1.165, 1.54) is 154 Å². The molecule has 6 atom stereocenters. The molecule has 65 heavy (non-hydrogen) atoms. The minimum atomic E-state index is -1.30. The number of amides is 1. The van der Waals surface area contributed by atoms with E-state index >= 15 is 0 Å². The number of unbranched alkanes of at least 4 members (excludes halogenated alkanes) is 27. The van der Waals surface area contributed by atoms with E-state index in [0.29, 0.717) is 13.2 Å². The number of hydrogen-bond acceptors (Lipinski definition) is 9. The molecule has 0 saturated carbocycles. The summed E-state index contributed by atoms with van der Waals surface area (Å²) in [6.45, 7) is 14.7. The van der Waals surface area contributed by atoms with Gasteiger partial charge in [-0.3, -0.25) is 9.59 Å². The van der Waals surface area contributed by atoms with Crippen molar-refractivity contribution in [3.8, 4) is 0 Å². The third-order valence-corrected chi connectivity index (χ3v) is 14.9. The first-order valence-electron chi connectivity index (χ1n) is 27.7. The highest BCUT2D eigenvalue weighted by molar-refractivity contribution is 6.76. The summed E-state index contributed by atoms with van der Waals surface area (Å²) in [6.07, 6.45) is 35.2. The standard InChI is InChI=1S/C54H107NO9Si/c1-7-10-13-16-19-22-23-24-27-30-33-36-39-61-48(38-35-32-29-26-21-18-15-12-9-3)43-52(58)64-54-49(45-62-50(44-56)53(54)59)55-51(57)42-47(63-46-60-40-41-65(4,5)6)37-34-31-28-25-20-17-14-11-8-2/h47-50,53-54,56,59H,7-46H2,1-6H3,(H,55,57)/t47-,48+,49-,50-,53-,54-/m1/s1. The Morgan fingerprint density at radius 3 is 1.48 bits per heavy atom. The highest BCUT2D eigenvalue weighted by Crippen LogP contribution is 2.23. The Hall–Kier alpha value is -1.08. The van der Waals surface area contributed by atoms with Crippen LogP contribution in [-0.2, 0) is 33.3 Å². The van der Waals surface area contributed by atoms with Crippen molar-refractivity contribution in [3.63, 3.8) is 0 Å². The molecule has 1 aliphatic rings. The van der Waals surface area contributed by atoms with Gasteiger partial charge in [0, 0.05) is 21.3 Å². The maximum atomic E-state index is 13.7. The molecule has 0 aliphatic carbocycles. The van der Waals surface area contributed by atoms with Crippen molar-refractivity contribution >= 4 is 20.0 Å². The van der Waals surface area contributed by atoms with Gasteiger partial charge < -0.3 is 39.2 Å². The first-order valence-corrected chi connectivity index (χ1v) is 31.5. The van der Waals surface area contributed by atoms with Gasteiger partial charge in [-0.1, -0.05) is 227 Å². The zero-order chi connectivity index (χ0) is 47.6. The van der Waals surface area contributed by atoms with Crippen molar-refractivity contribution < 1.29 is 43.5 Å². The lowest BCUT2D eigenvalue weighted by atomic mass is 9.97. The zero-order valence-electron chi connectivity index (χ0n) is 43.5. The van der Waals surface area contributed by atoms with E-state index in [1.807, 2.05) is 0 Å². The highest BCUT2D eigenvalue weighted by atomic mass is 28.3. The molecule has 1 heterocycles. The normalized spacial score (nSPS) is 18.8. The first-order chi connectivity index (χ1) is 31.5. The summed E-state index contributed by atoms with van der Waals surface area (Å²) in [5.74, 6) is -0.726. The number of esters is 1. The van der Waals surface area contributed by atoms with Crippen LogP contribution in [0.1, 0.15) is 239 Å². The van der Waals surface area contributed by atoms with Gasteiger partial charge in [-0.2, -0.15) is 0 Å². The second kappa shape index (κ2) is 43.0. The largest absolute Gasteiger partial charge is 0.457 e. The Balaban J connectivity index is 2.81. The molecule has 10 nitrogen and oxygen atoms in total. The lowest BCUT2D eigenvalue weighted by Gasteiger charge is -2.39. The van der Waals surface area contributed by atoms with Crippen LogP contribution >= 0.6 is 0 Å². The lowest BCUT2D eigenvalue weighted by molar-refractivity contribution is -0.193. The fourth-order valence-electron chi connectivity index (χ4n) is 8.79. The van der Waals surface area contributed by atoms with Gasteiger partial charge in [0.25, 0.3) is 0 Å². The molecule has 1 amide bonds. The third kappa shape index (κ3) is 36.6. The number of nitrogens with one attached hydrogen (secondary N) is 1. The predicted molar refractivity (Wildman–Crippen MR) is 272 cm³/mol. The minimum Gasteiger partial charge on any atom is -0.457 e. The van der Waals surface area contributed by atoms with Crippen LogP contribution in [0, 0.1) is 0 Å². The van der Waals surface area contributed by atoms with E-state index in [4.69, 9.17) is 23.7 Å². The summed E-state index contributed by atoms with van der Waals surface area (Å²) >= 11 is 0. The van der Waals surface area contributed by atoms with Crippen molar-refractivity contribution in [2.45, 2.75) is 301 Å². The molecule has 0 unspecified atom stereocenters. The van der Waals surface area contributed by atoms with Gasteiger partial charge in [0.2, 0.25) is 5.91 Å². The van der Waals surface area contributed by atoms with E-state index in [9.17, 15) is 19.8 Å². The van der Waals surface area contributed by atoms with Crippen LogP contribution < -0.4 is 5.32 Å². The summed E-state index contributed by atoms with van der Waals surface area (Å²) < 4.78 is 30.2. The molecule has 0 aromatic rings. The molecule has 0 aromatic heterocycles. The van der Waals surface area contributed by atoms with E-state index in [2.05, 4.69) is 45.7 Å². The average molecular weight is 943 g/mol. The van der Waals surface area contributed by atoms with Crippen molar-refractivity contribution in [2.24, 2.45) is 0 Å². The van der Waals surface area contributed by atoms with Gasteiger partial charge in [-0.25, -0.2) is 0 Å². The summed E-state index contributed by atoms with van der Waals surface area (Å²) in [7, 11) is -1.24. The smallest absolute Gasteiger partial charge is 0.308 e. The van der Waals surface area contributed by atoms with Crippen LogP contribution in [-0.4, -0.2) is 99.9 Å². The molecule has 1 saturated heterocycles. The van der Waals surface area contributed by atoms with Crippen LogP contribution in [0.4, 0.5) is 0 Å². The number of hydrogen-bond donors (Lipinski definition) is 3. The number of carbonyl (C=O) groups excluding carboxylic acids is 2. The second-order valence-corrected chi connectivity index (χ2v) is 26.4. The summed E-state index contributed by atoms with van der Waals surface area (Å²) in [5.41, 5.74) is 0. The molecule has 1 aliphatic heterocycles. The summed E-state index contributed by atoms with van der Waals surface area (Å²) in [5, 5.41) is 24.3. The molecule has 0 bridgehead atoms. The second-order valence-electron chi connectivity index (χ2n) is 20.8. The van der Waals surface area contributed by atoms with Crippen LogP contribution in [0.5, 0.6) is 0 Å². The number of aliphatic hydroxyl groups is 2. The van der Waals surface area contributed by atoms with Gasteiger partial charge in [-0.15, -0.1) is 0 Å². The molecule has 0 aromatic carbocycles. The zero-order valence-corrected chi connectivity index (χ0v) is 44.5. The van der Waals surface area contributed by atoms with Crippen molar-refractivity contribution in [2.75, 3.05) is 33.2 Å². The lowest BCUT2D eigenvalue weighted by Crippen LogP contribution is -2.61. The van der Waals surface area contributed by atoms with Crippen molar-refractivity contribution in [3.05, 3.63) is 0 Å². The Bertz CT molecular complexity index is 1080. The third-order valence-electron chi connectivity index (χ3n) is 13.2. The molecule has 1 fully saturated rings. The van der Waals surface area contributed by atoms with Gasteiger partial charge in [0.1, 0.15) is 19.0 Å². The topological polar surface area (TPSA) is 133 Å². The van der Waals surface area contributed by atoms with E-state index < -0.39 is 45.0 Å². The molecule has 3 N–H and O–H groups in total. The van der Waals surface area contributed by atoms with E-state index in [-0.39, 0.29) is 44.4 Å². The molecule has 386 valence electrons. The van der Waals surface area contributed by atoms with Gasteiger partial charge >= 0.3 is 5.97 Å². The molecule has 0 spiro atoms. The van der Waals surface area contributed by atoms with Crippen molar-refractivity contribution in [1.82, 2.24) is 5.32 Å². The molecule has 11 heteroatoms. The molecule has 0 radical (unpaired) electrons. The fraction of sp³-hybridized carbons (Fsp3) is 0.963. The summed E-state index contributed by atoms with van der Waals surface area (Å²) in [6, 6.07) is 0.271. The number of ether oxygens (including phenoxy) is 5. The van der Waals surface area contributed by atoms with Crippen LogP contribution in [0.3, 0.4) is 0 Å². The molecule has 1 rings (SSSR count). The fourth-order valence-corrected chi connectivity index (χ4v) is 9.55. The Morgan fingerprint density at radius 1 is 0.600 bits per heavy atom. The van der Waals surface area contributed by atoms with Crippen LogP contribution in [0.2, 0.25) is 25.7 Å². The SMILES string of the molecule is CCCCCCCCCCCCCCO[C@@H](CCCCCCCCCCC)CC(=O)O[C@H]1[C@H](O)[C@@H](CO)OC[C@H]1NC(=O)C[C@@H](CCCCCCCCCCC)OCOCC[Si](C)(C)C. The monoisotopic (exact) mass is 942 g/mol. The predicted octanol–water partition coefficient (Wildman–Crippen LogP) is 13.5. The van der Waals surface area contributed by atoms with Crippen LogP contribution in [0.15, 0.2) is 0 Å². The Morgan fingerprint density at radius 2 is 1.03 bits per heavy atom. The number of aliphatic hydroxyl groups excluding tert-OH is 2. The Labute approximate surface area is 401 Å². The Kier molecular flexibility index (Phi) is 40.9. The molecular formula is C54H107NO9Si. The maximum Gasteiger partial charge on any atom is 0.308 e. The number of carbonyl (C=O) groups is 2. The summed E-state index contributed by atoms with van der Waals surface area (Å²) in [4.78, 5) is 27.4. The van der Waals surface area contributed by atoms with Crippen molar-refractivity contribution in [1.29, 1.82) is 0 Å². The average Bonchev–Trinajstić information content (AvgIpc) is 3.27. The van der Waals surface area contributed by atoms with E-state index in [1.54, 1.807) is 0 Å². The number of rotatable bonds is 47. The maximum absolute atomic E-state index is 13.7. The van der Waals surface area contributed by atoms with Gasteiger partial charge in [0.05, 0.1) is 44.3 Å². The quantitative estimate of drug-likeness (QED) is 0.0236. The van der Waals surface area contributed by atoms with E-state index in [0.717, 1.165) is 57.4 Å². The van der Waals surface area contributed by atoms with Crippen LogP contribution in [0.25, 0.3) is 0 Å². The minimum absolute atomic E-state index is 0.00683.